The van der Waals surface area contributed by atoms with E-state index in [-0.39, 0.29) is 44.2 Å². The van der Waals surface area contributed by atoms with Crippen molar-refractivity contribution < 1.29 is 46.3 Å². The molecule has 0 saturated heterocycles. The number of hydrogen-bond acceptors (Lipinski definition) is 13. The summed E-state index contributed by atoms with van der Waals surface area (Å²) in [5.41, 5.74) is 6.31. The Balaban J connectivity index is 1.50. The molecule has 19 heteroatoms. The van der Waals surface area contributed by atoms with Crippen LogP contribution in [0, 0.1) is 6.92 Å². The maximum atomic E-state index is 13.1. The van der Waals surface area contributed by atoms with Crippen LogP contribution >= 0.6 is 0 Å². The summed E-state index contributed by atoms with van der Waals surface area (Å²) in [5.74, 6) is 0.566. The van der Waals surface area contributed by atoms with Crippen LogP contribution in [0.15, 0.2) is 96.0 Å². The quantitative estimate of drug-likeness (QED) is 0.0699. The Hall–Kier alpha value is -5.76. The second kappa shape index (κ2) is 12.4. The maximum absolute atomic E-state index is 13.1. The molecule has 1 aliphatic rings. The average molecular weight is 696 g/mol. The van der Waals surface area contributed by atoms with E-state index < -0.39 is 54.2 Å². The topological polar surface area (TPSA) is 267 Å². The largest absolute Gasteiger partial charge is 0.505 e. The summed E-state index contributed by atoms with van der Waals surface area (Å²) in [6, 6.07) is 11.1. The van der Waals surface area contributed by atoms with E-state index >= 15 is 0 Å². The monoisotopic (exact) mass is 695 g/mol. The lowest BCUT2D eigenvalue weighted by atomic mass is 10.1. The Morgan fingerprint density at radius 1 is 1.02 bits per heavy atom. The van der Waals surface area contributed by atoms with E-state index in [0.717, 1.165) is 24.3 Å². The molecule has 4 aromatic carbocycles. The summed E-state index contributed by atoms with van der Waals surface area (Å²) in [7, 11) is -7.10. The lowest BCUT2D eigenvalue weighted by Gasteiger charge is -2.12. The van der Waals surface area contributed by atoms with Gasteiger partial charge in [0.2, 0.25) is 6.04 Å². The Labute approximate surface area is 272 Å². The zero-order valence-electron chi connectivity index (χ0n) is 24.9. The lowest BCUT2D eigenvalue weighted by molar-refractivity contribution is -0.130. The number of aryl methyl sites for hydroxylation is 1. The van der Waals surface area contributed by atoms with Crippen molar-refractivity contribution in [2.24, 2.45) is 25.6 Å². The van der Waals surface area contributed by atoms with Crippen LogP contribution in [0.3, 0.4) is 0 Å². The number of nitrogens with two attached hydrogens (primary N) is 1. The van der Waals surface area contributed by atoms with Crippen LogP contribution in [0.2, 0.25) is 0 Å². The van der Waals surface area contributed by atoms with E-state index in [1.807, 2.05) is 0 Å². The molecule has 248 valence electrons. The van der Waals surface area contributed by atoms with Gasteiger partial charge >= 0.3 is 5.97 Å². The van der Waals surface area contributed by atoms with E-state index in [0.29, 0.717) is 16.3 Å². The van der Waals surface area contributed by atoms with E-state index in [1.165, 1.54) is 37.4 Å². The minimum atomic E-state index is -4.52. The number of rotatable bonds is 9. The van der Waals surface area contributed by atoms with Crippen LogP contribution in [-0.2, 0) is 29.5 Å². The van der Waals surface area contributed by atoms with Gasteiger partial charge in [0, 0.05) is 17.1 Å². The first-order valence-electron chi connectivity index (χ1n) is 13.4. The number of nitrogens with zero attached hydrogens (tertiary/aromatic N) is 6. The van der Waals surface area contributed by atoms with Crippen LogP contribution in [-0.4, -0.2) is 68.6 Å². The number of methoxy groups -OCH3 is 1. The van der Waals surface area contributed by atoms with Crippen molar-refractivity contribution in [2.75, 3.05) is 17.9 Å². The molecule has 0 radical (unpaired) electrons. The van der Waals surface area contributed by atoms with Gasteiger partial charge in [0.25, 0.3) is 16.0 Å². The molecule has 0 aliphatic carbocycles. The molecule has 2 atom stereocenters. The predicted octanol–water partition coefficient (Wildman–Crippen LogP) is 4.59. The van der Waals surface area contributed by atoms with Gasteiger partial charge in [0.05, 0.1) is 28.3 Å². The second-order valence-electron chi connectivity index (χ2n) is 10.2. The summed E-state index contributed by atoms with van der Waals surface area (Å²) in [6.45, 7) is 1.74. The molecule has 5 rings (SSSR count). The highest BCUT2D eigenvalue weighted by atomic mass is 32.2. The number of nitrogen functional groups attached to an aromatic ring is 1. The number of benzene rings is 4. The van der Waals surface area contributed by atoms with E-state index in [9.17, 15) is 41.5 Å². The maximum Gasteiger partial charge on any atom is 0.355 e. The standard InChI is InChI=1S/C29H25N7O10S2/c1-14-10-21(22(46-2)13-20(14)30)32-33-24-23(47(3,41)42)12-15-11-16(4-9-19(15)27(24)37)31-34-25-26(29(39)40)35-36(28(25)38)17-5-7-18(8-6-17)48(43,44)45/h4-13,25,37H,3,30H2,1-2H3,(H,39,40)(H,41,42)(H,43,44,45)/b33-32+,34-31+. The number of ether oxygens (including phenoxy) is 1. The third-order valence-corrected chi connectivity index (χ3v) is 8.87. The van der Waals surface area contributed by atoms with Gasteiger partial charge in [0.1, 0.15) is 26.9 Å². The van der Waals surface area contributed by atoms with Crippen molar-refractivity contribution in [2.45, 2.75) is 22.8 Å². The number of aromatic hydroxyl groups is 1. The van der Waals surface area contributed by atoms with Gasteiger partial charge in [-0.2, -0.15) is 28.8 Å². The zero-order valence-corrected chi connectivity index (χ0v) is 26.5. The molecule has 17 nitrogen and oxygen atoms in total. The molecule has 0 fully saturated rings. The molecule has 0 aromatic heterocycles. The molecule has 0 bridgehead atoms. The molecule has 1 amide bonds. The predicted molar refractivity (Wildman–Crippen MR) is 175 cm³/mol. The number of hydrazone groups is 1. The summed E-state index contributed by atoms with van der Waals surface area (Å²) in [6.07, 6.45) is 0. The number of phenolic OH excluding ortho intramolecular Hbond substituents is 1. The number of hydrogen-bond donors (Lipinski definition) is 5. The minimum Gasteiger partial charge on any atom is -0.505 e. The summed E-state index contributed by atoms with van der Waals surface area (Å²) >= 11 is 0. The third-order valence-electron chi connectivity index (χ3n) is 7.00. The summed E-state index contributed by atoms with van der Waals surface area (Å²) < 4.78 is 60.3. The van der Waals surface area contributed by atoms with Crippen LogP contribution in [0.1, 0.15) is 5.56 Å². The molecule has 1 heterocycles. The van der Waals surface area contributed by atoms with Crippen LogP contribution in [0.25, 0.3) is 10.8 Å². The first-order chi connectivity index (χ1) is 22.5. The average Bonchev–Trinajstić information content (AvgIpc) is 3.36. The third kappa shape index (κ3) is 6.55. The fraction of sp³-hybridized carbons (Fsp3) is 0.103. The number of carboxylic acids is 1. The number of carboxylic acid groups (broad SMARTS) is 1. The molecule has 1 aliphatic heterocycles. The van der Waals surface area contributed by atoms with Crippen LogP contribution in [0.4, 0.5) is 28.4 Å². The molecule has 6 N–H and O–H groups in total. The Kier molecular flexibility index (Phi) is 8.71. The highest BCUT2D eigenvalue weighted by Crippen LogP contribution is 2.43. The van der Waals surface area contributed by atoms with Crippen molar-refractivity contribution in [1.29, 1.82) is 0 Å². The number of phenols is 1. The molecular weight excluding hydrogens is 670 g/mol. The van der Waals surface area contributed by atoms with Crippen molar-refractivity contribution in [1.82, 2.24) is 0 Å². The van der Waals surface area contributed by atoms with E-state index in [1.54, 1.807) is 13.0 Å². The Morgan fingerprint density at radius 3 is 2.31 bits per heavy atom. The Morgan fingerprint density at radius 2 is 1.71 bits per heavy atom. The van der Waals surface area contributed by atoms with Gasteiger partial charge in [-0.05, 0) is 78.3 Å². The smallest absolute Gasteiger partial charge is 0.355 e. The summed E-state index contributed by atoms with van der Waals surface area (Å²) in [5, 5.41) is 41.6. The van der Waals surface area contributed by atoms with Gasteiger partial charge in [0.15, 0.2) is 11.5 Å². The minimum absolute atomic E-state index is 0.00346. The van der Waals surface area contributed by atoms with Gasteiger partial charge in [-0.1, -0.05) is 0 Å². The molecule has 48 heavy (non-hydrogen) atoms. The second-order valence-corrected chi connectivity index (χ2v) is 13.4. The molecule has 0 saturated carbocycles. The number of aliphatic carboxylic acids is 1. The first-order valence-corrected chi connectivity index (χ1v) is 16.5. The van der Waals surface area contributed by atoms with Crippen LogP contribution in [0.5, 0.6) is 11.5 Å². The highest BCUT2D eigenvalue weighted by Gasteiger charge is 2.41. The molecule has 4 aromatic rings. The number of fused-ring (bicyclic) bond motifs is 1. The van der Waals surface area contributed by atoms with Gasteiger partial charge in [-0.25, -0.2) is 9.00 Å². The zero-order chi connectivity index (χ0) is 35.1. The van der Waals surface area contributed by atoms with Gasteiger partial charge in [-0.15, -0.1) is 10.2 Å². The van der Waals surface area contributed by atoms with Crippen molar-refractivity contribution in [3.05, 3.63) is 66.2 Å². The van der Waals surface area contributed by atoms with Gasteiger partial charge in [-0.3, -0.25) is 9.35 Å². The Bertz CT molecular complexity index is 2320. The van der Waals surface area contributed by atoms with Crippen molar-refractivity contribution >= 4 is 82.6 Å². The highest BCUT2D eigenvalue weighted by molar-refractivity contribution is 7.95. The fourth-order valence-corrected chi connectivity index (χ4v) is 5.78. The van der Waals surface area contributed by atoms with Crippen molar-refractivity contribution in [3.8, 4) is 11.5 Å². The molecule has 2 unspecified atom stereocenters. The lowest BCUT2D eigenvalue weighted by Crippen LogP contribution is -2.33. The van der Waals surface area contributed by atoms with E-state index in [4.69, 9.17) is 10.5 Å². The molecule has 0 spiro atoms. The van der Waals surface area contributed by atoms with Crippen molar-refractivity contribution in [3.63, 3.8) is 0 Å². The summed E-state index contributed by atoms with van der Waals surface area (Å²) in [4.78, 5) is 24.2. The number of carbonyl (C=O) groups is 2. The fourth-order valence-electron chi connectivity index (χ4n) is 4.55. The van der Waals surface area contributed by atoms with Crippen LogP contribution < -0.4 is 15.5 Å². The number of anilines is 2. The number of azo groups is 2. The van der Waals surface area contributed by atoms with Gasteiger partial charge < -0.3 is 25.2 Å². The SMILES string of the molecule is C=S(=O)(O)c1cc2cc(/N=N/C3C(=O)N(c4ccc(S(=O)(=O)O)cc4)N=C3C(=O)O)ccc2c(O)c1/N=N/c1cc(C)c(N)cc1OC. The van der Waals surface area contributed by atoms with E-state index in [2.05, 4.69) is 31.4 Å². The number of amides is 1. The normalized spacial score (nSPS) is 16.5. The number of carbonyl (C=O) groups excluding carboxylic acids is 1. The molecular formula is C29H25N7O10S2. The first kappa shape index (κ1) is 33.6.